The largest absolute Gasteiger partial charge is 0.298 e. The highest BCUT2D eigenvalue weighted by Crippen LogP contribution is 2.11. The molecule has 18 heavy (non-hydrogen) atoms. The van der Waals surface area contributed by atoms with Gasteiger partial charge in [0.05, 0.1) is 6.07 Å². The van der Waals surface area contributed by atoms with E-state index in [2.05, 4.69) is 16.4 Å². The number of nitrogens with two attached hydrogens (primary N) is 1. The molecule has 1 aromatic rings. The fourth-order valence-electron chi connectivity index (χ4n) is 1.76. The highest BCUT2D eigenvalue weighted by atomic mass is 16.2. The van der Waals surface area contributed by atoms with Crippen molar-refractivity contribution < 1.29 is 4.79 Å². The second-order valence-corrected chi connectivity index (χ2v) is 3.91. The maximum Gasteiger partial charge on any atom is 0.265 e. The van der Waals surface area contributed by atoms with E-state index >= 15 is 0 Å². The third-order valence-electron chi connectivity index (χ3n) is 2.77. The SMILES string of the molecule is CCN(CCC#N)Cc1ccccc1C(=O)NN. The monoisotopic (exact) mass is 246 g/mol. The predicted molar refractivity (Wildman–Crippen MR) is 69.3 cm³/mol. The van der Waals surface area contributed by atoms with E-state index in [9.17, 15) is 4.79 Å². The lowest BCUT2D eigenvalue weighted by molar-refractivity contribution is 0.0951. The highest BCUT2D eigenvalue weighted by Gasteiger charge is 2.11. The Kier molecular flexibility index (Phi) is 5.85. The molecular weight excluding hydrogens is 228 g/mol. The van der Waals surface area contributed by atoms with E-state index < -0.39 is 0 Å². The van der Waals surface area contributed by atoms with Gasteiger partial charge in [0, 0.05) is 25.1 Å². The smallest absolute Gasteiger partial charge is 0.265 e. The number of hydrogen-bond acceptors (Lipinski definition) is 4. The first-order valence-electron chi connectivity index (χ1n) is 5.91. The van der Waals surface area contributed by atoms with Crippen molar-refractivity contribution in [2.75, 3.05) is 13.1 Å². The Morgan fingerprint density at radius 2 is 2.22 bits per heavy atom. The molecule has 3 N–H and O–H groups in total. The van der Waals surface area contributed by atoms with Gasteiger partial charge in [-0.05, 0) is 18.2 Å². The quantitative estimate of drug-likeness (QED) is 0.446. The maximum absolute atomic E-state index is 11.6. The summed E-state index contributed by atoms with van der Waals surface area (Å²) in [5.41, 5.74) is 3.64. The first kappa shape index (κ1) is 14.2. The van der Waals surface area contributed by atoms with Crippen LogP contribution in [0.15, 0.2) is 24.3 Å². The normalized spacial score (nSPS) is 10.1. The number of carbonyl (C=O) groups is 1. The van der Waals surface area contributed by atoms with Gasteiger partial charge in [0.1, 0.15) is 0 Å². The van der Waals surface area contributed by atoms with E-state index in [0.717, 1.165) is 12.1 Å². The van der Waals surface area contributed by atoms with Crippen LogP contribution in [0.3, 0.4) is 0 Å². The zero-order valence-corrected chi connectivity index (χ0v) is 10.5. The van der Waals surface area contributed by atoms with Crippen LogP contribution >= 0.6 is 0 Å². The average molecular weight is 246 g/mol. The summed E-state index contributed by atoms with van der Waals surface area (Å²) in [6.45, 7) is 4.20. The van der Waals surface area contributed by atoms with Gasteiger partial charge in [-0.1, -0.05) is 25.1 Å². The van der Waals surface area contributed by atoms with Crippen LogP contribution in [0.25, 0.3) is 0 Å². The van der Waals surface area contributed by atoms with Crippen molar-refractivity contribution in [2.45, 2.75) is 19.9 Å². The van der Waals surface area contributed by atoms with Gasteiger partial charge in [-0.25, -0.2) is 5.84 Å². The van der Waals surface area contributed by atoms with Gasteiger partial charge in [0.2, 0.25) is 0 Å². The number of amides is 1. The molecule has 0 aromatic heterocycles. The second kappa shape index (κ2) is 7.43. The van der Waals surface area contributed by atoms with Crippen LogP contribution in [-0.2, 0) is 6.54 Å². The van der Waals surface area contributed by atoms with Crippen LogP contribution in [0.4, 0.5) is 0 Å². The number of rotatable bonds is 6. The molecule has 1 amide bonds. The number of benzene rings is 1. The number of hydrogen-bond donors (Lipinski definition) is 2. The van der Waals surface area contributed by atoms with E-state index in [-0.39, 0.29) is 5.91 Å². The van der Waals surface area contributed by atoms with Crippen LogP contribution in [0, 0.1) is 11.3 Å². The molecule has 96 valence electrons. The summed E-state index contributed by atoms with van der Waals surface area (Å²) in [6, 6.07) is 9.47. The molecule has 0 fully saturated rings. The Hall–Kier alpha value is -1.90. The number of nitrogens with zero attached hydrogens (tertiary/aromatic N) is 2. The molecule has 0 aliphatic rings. The van der Waals surface area contributed by atoms with Crippen LogP contribution in [0.5, 0.6) is 0 Å². The van der Waals surface area contributed by atoms with Crippen molar-refractivity contribution in [3.8, 4) is 6.07 Å². The maximum atomic E-state index is 11.6. The van der Waals surface area contributed by atoms with Gasteiger partial charge >= 0.3 is 0 Å². The van der Waals surface area contributed by atoms with Gasteiger partial charge in [-0.2, -0.15) is 5.26 Å². The van der Waals surface area contributed by atoms with Crippen LogP contribution in [0.1, 0.15) is 29.3 Å². The average Bonchev–Trinajstić information content (AvgIpc) is 2.43. The first-order valence-corrected chi connectivity index (χ1v) is 5.91. The van der Waals surface area contributed by atoms with E-state index in [1.165, 1.54) is 0 Å². The lowest BCUT2D eigenvalue weighted by Gasteiger charge is -2.20. The van der Waals surface area contributed by atoms with Crippen molar-refractivity contribution in [3.05, 3.63) is 35.4 Å². The molecule has 0 bridgehead atoms. The van der Waals surface area contributed by atoms with Gasteiger partial charge in [-0.15, -0.1) is 0 Å². The summed E-state index contributed by atoms with van der Waals surface area (Å²) in [6.07, 6.45) is 0.485. The van der Waals surface area contributed by atoms with Crippen molar-refractivity contribution in [2.24, 2.45) is 5.84 Å². The van der Waals surface area contributed by atoms with Crippen LogP contribution in [-0.4, -0.2) is 23.9 Å². The molecule has 1 rings (SSSR count). The molecule has 0 unspecified atom stereocenters. The minimum absolute atomic E-state index is 0.290. The van der Waals surface area contributed by atoms with Gasteiger partial charge in [0.15, 0.2) is 0 Å². The standard InChI is InChI=1S/C13H18N4O/c1-2-17(9-5-8-14)10-11-6-3-4-7-12(11)13(18)16-15/h3-4,6-7H,2,5,9-10,15H2,1H3,(H,16,18). The number of nitriles is 1. The summed E-state index contributed by atoms with van der Waals surface area (Å²) in [5.74, 6) is 4.87. The topological polar surface area (TPSA) is 82.2 Å². The third-order valence-corrected chi connectivity index (χ3v) is 2.77. The summed E-state index contributed by atoms with van der Waals surface area (Å²) < 4.78 is 0. The Morgan fingerprint density at radius 3 is 2.83 bits per heavy atom. The molecule has 5 nitrogen and oxygen atoms in total. The third kappa shape index (κ3) is 3.84. The number of hydrazine groups is 1. The van der Waals surface area contributed by atoms with E-state index in [1.54, 1.807) is 12.1 Å². The fraction of sp³-hybridized carbons (Fsp3) is 0.385. The van der Waals surface area contributed by atoms with Crippen molar-refractivity contribution >= 4 is 5.91 Å². The summed E-state index contributed by atoms with van der Waals surface area (Å²) >= 11 is 0. The summed E-state index contributed by atoms with van der Waals surface area (Å²) in [5, 5.41) is 8.60. The molecule has 0 aliphatic heterocycles. The van der Waals surface area contributed by atoms with Crippen molar-refractivity contribution in [3.63, 3.8) is 0 Å². The molecule has 0 radical (unpaired) electrons. The number of carbonyl (C=O) groups excluding carboxylic acids is 1. The number of nitrogen functional groups attached to an aromatic ring is 1. The minimum atomic E-state index is -0.290. The Labute approximate surface area is 107 Å². The molecular formula is C13H18N4O. The Bertz CT molecular complexity index is 439. The summed E-state index contributed by atoms with van der Waals surface area (Å²) in [4.78, 5) is 13.7. The molecule has 0 heterocycles. The Balaban J connectivity index is 2.82. The molecule has 0 aliphatic carbocycles. The molecule has 0 saturated heterocycles. The second-order valence-electron chi connectivity index (χ2n) is 3.91. The van der Waals surface area contributed by atoms with Gasteiger partial charge in [-0.3, -0.25) is 15.1 Å². The van der Waals surface area contributed by atoms with Crippen LogP contribution in [0.2, 0.25) is 0 Å². The lowest BCUT2D eigenvalue weighted by atomic mass is 10.1. The van der Waals surface area contributed by atoms with Gasteiger partial charge < -0.3 is 0 Å². The molecule has 1 aromatic carbocycles. The minimum Gasteiger partial charge on any atom is -0.298 e. The zero-order chi connectivity index (χ0) is 13.4. The molecule has 0 saturated carbocycles. The Morgan fingerprint density at radius 1 is 1.50 bits per heavy atom. The summed E-state index contributed by atoms with van der Waals surface area (Å²) in [7, 11) is 0. The highest BCUT2D eigenvalue weighted by molar-refractivity contribution is 5.95. The zero-order valence-electron chi connectivity index (χ0n) is 10.5. The molecule has 0 atom stereocenters. The predicted octanol–water partition coefficient (Wildman–Crippen LogP) is 1.03. The van der Waals surface area contributed by atoms with Gasteiger partial charge in [0.25, 0.3) is 5.91 Å². The molecule has 0 spiro atoms. The number of nitrogens with one attached hydrogen (secondary N) is 1. The van der Waals surface area contributed by atoms with Crippen molar-refractivity contribution in [1.29, 1.82) is 5.26 Å². The fourth-order valence-corrected chi connectivity index (χ4v) is 1.76. The van der Waals surface area contributed by atoms with Crippen molar-refractivity contribution in [1.82, 2.24) is 10.3 Å². The van der Waals surface area contributed by atoms with E-state index in [0.29, 0.717) is 25.1 Å². The first-order chi connectivity index (χ1) is 8.72. The molecule has 5 heteroatoms. The van der Waals surface area contributed by atoms with Crippen LogP contribution < -0.4 is 11.3 Å². The lowest BCUT2D eigenvalue weighted by Crippen LogP contribution is -2.32. The van der Waals surface area contributed by atoms with E-state index in [4.69, 9.17) is 11.1 Å². The van der Waals surface area contributed by atoms with E-state index in [1.807, 2.05) is 19.1 Å².